The SMILES string of the molecule is CCn1c(SCc2csc(-c3cccc(C)c3)n2)nnc1C(C)Oc1ccc(F)cc1F. The number of aromatic nitrogens is 4. The summed E-state index contributed by atoms with van der Waals surface area (Å²) in [6.07, 6.45) is -0.552. The quantitative estimate of drug-likeness (QED) is 0.276. The van der Waals surface area contributed by atoms with Crippen molar-refractivity contribution in [3.63, 3.8) is 0 Å². The van der Waals surface area contributed by atoms with Crippen LogP contribution in [0.3, 0.4) is 0 Å². The second kappa shape index (κ2) is 9.79. The first-order valence-electron chi connectivity index (χ1n) is 10.1. The number of hydrogen-bond donors (Lipinski definition) is 0. The molecule has 0 amide bonds. The number of ether oxygens (including phenoxy) is 1. The molecule has 2 aromatic heterocycles. The van der Waals surface area contributed by atoms with Crippen molar-refractivity contribution in [2.75, 3.05) is 0 Å². The number of hydrogen-bond acceptors (Lipinski definition) is 6. The lowest BCUT2D eigenvalue weighted by atomic mass is 10.1. The molecule has 0 aliphatic rings. The van der Waals surface area contributed by atoms with Crippen LogP contribution >= 0.6 is 23.1 Å². The Morgan fingerprint density at radius 1 is 1.16 bits per heavy atom. The Kier molecular flexibility index (Phi) is 6.86. The molecule has 0 aliphatic carbocycles. The summed E-state index contributed by atoms with van der Waals surface area (Å²) in [4.78, 5) is 4.75. The molecule has 0 N–H and O–H groups in total. The molecule has 1 atom stereocenters. The van der Waals surface area contributed by atoms with Crippen LogP contribution < -0.4 is 4.74 Å². The molecule has 4 aromatic rings. The fourth-order valence-electron chi connectivity index (χ4n) is 3.24. The van der Waals surface area contributed by atoms with Gasteiger partial charge in [-0.2, -0.15) is 0 Å². The molecule has 0 saturated carbocycles. The van der Waals surface area contributed by atoms with Crippen LogP contribution in [0.2, 0.25) is 0 Å². The van der Waals surface area contributed by atoms with Crippen LogP contribution in [0.4, 0.5) is 8.78 Å². The zero-order chi connectivity index (χ0) is 22.7. The minimum atomic E-state index is -0.748. The molecular formula is C23H22F2N4OS2. The van der Waals surface area contributed by atoms with E-state index in [0.29, 0.717) is 18.1 Å². The summed E-state index contributed by atoms with van der Waals surface area (Å²) in [7, 11) is 0. The largest absolute Gasteiger partial charge is 0.480 e. The second-order valence-corrected chi connectivity index (χ2v) is 9.02. The average Bonchev–Trinajstić information content (AvgIpc) is 3.41. The van der Waals surface area contributed by atoms with Crippen LogP contribution in [0.5, 0.6) is 5.75 Å². The zero-order valence-corrected chi connectivity index (χ0v) is 19.5. The Hall–Kier alpha value is -2.78. The lowest BCUT2D eigenvalue weighted by Crippen LogP contribution is -2.12. The van der Waals surface area contributed by atoms with E-state index >= 15 is 0 Å². The Morgan fingerprint density at radius 3 is 2.75 bits per heavy atom. The number of nitrogens with zero attached hydrogens (tertiary/aromatic N) is 4. The summed E-state index contributed by atoms with van der Waals surface area (Å²) in [5, 5.41) is 12.3. The molecule has 0 radical (unpaired) electrons. The standard InChI is InChI=1S/C23H22F2N4OS2/c1-4-29-21(15(3)30-20-9-8-17(24)11-19(20)25)27-28-23(29)32-13-18-12-31-22(26-18)16-7-5-6-14(2)10-16/h5-12,15H,4,13H2,1-3H3. The molecule has 0 spiro atoms. The molecule has 0 fully saturated rings. The monoisotopic (exact) mass is 472 g/mol. The van der Waals surface area contributed by atoms with E-state index in [4.69, 9.17) is 9.72 Å². The first kappa shape index (κ1) is 22.4. The van der Waals surface area contributed by atoms with Gasteiger partial charge in [-0.15, -0.1) is 21.5 Å². The van der Waals surface area contributed by atoms with E-state index in [1.807, 2.05) is 17.6 Å². The number of benzene rings is 2. The van der Waals surface area contributed by atoms with Crippen LogP contribution in [0.25, 0.3) is 10.6 Å². The van der Waals surface area contributed by atoms with Gasteiger partial charge in [-0.3, -0.25) is 0 Å². The molecule has 4 rings (SSSR count). The molecule has 0 aliphatic heterocycles. The number of thiazole rings is 1. The highest BCUT2D eigenvalue weighted by atomic mass is 32.2. The molecule has 0 bridgehead atoms. The highest BCUT2D eigenvalue weighted by molar-refractivity contribution is 7.98. The van der Waals surface area contributed by atoms with E-state index in [1.54, 1.807) is 30.0 Å². The summed E-state index contributed by atoms with van der Waals surface area (Å²) in [6, 6.07) is 11.5. The minimum absolute atomic E-state index is 0.0232. The minimum Gasteiger partial charge on any atom is -0.480 e. The van der Waals surface area contributed by atoms with Crippen LogP contribution in [0.1, 0.15) is 37.0 Å². The summed E-state index contributed by atoms with van der Waals surface area (Å²) in [5.74, 6) is -0.183. The summed E-state index contributed by atoms with van der Waals surface area (Å²) >= 11 is 3.16. The second-order valence-electron chi connectivity index (χ2n) is 7.22. The van der Waals surface area contributed by atoms with Crippen LogP contribution in [0, 0.1) is 18.6 Å². The van der Waals surface area contributed by atoms with Crippen LogP contribution in [-0.4, -0.2) is 19.7 Å². The average molecular weight is 473 g/mol. The first-order valence-corrected chi connectivity index (χ1v) is 12.0. The summed E-state index contributed by atoms with van der Waals surface area (Å²) < 4.78 is 34.7. The third kappa shape index (κ3) is 4.99. The third-order valence-corrected chi connectivity index (χ3v) is 6.73. The van der Waals surface area contributed by atoms with E-state index < -0.39 is 17.7 Å². The van der Waals surface area contributed by atoms with Crippen molar-refractivity contribution in [3.8, 4) is 16.3 Å². The van der Waals surface area contributed by atoms with E-state index in [1.165, 1.54) is 11.6 Å². The molecule has 2 heterocycles. The summed E-state index contributed by atoms with van der Waals surface area (Å²) in [5.41, 5.74) is 3.29. The van der Waals surface area contributed by atoms with E-state index in [0.717, 1.165) is 33.6 Å². The predicted molar refractivity (Wildman–Crippen MR) is 123 cm³/mol. The Balaban J connectivity index is 1.45. The van der Waals surface area contributed by atoms with Gasteiger partial charge in [-0.25, -0.2) is 13.8 Å². The normalized spacial score (nSPS) is 12.2. The highest BCUT2D eigenvalue weighted by Gasteiger charge is 2.20. The van der Waals surface area contributed by atoms with E-state index in [2.05, 4.69) is 40.7 Å². The third-order valence-electron chi connectivity index (χ3n) is 4.79. The maximum absolute atomic E-state index is 14.0. The molecule has 9 heteroatoms. The Bertz CT molecular complexity index is 1220. The maximum Gasteiger partial charge on any atom is 0.191 e. The fourth-order valence-corrected chi connectivity index (χ4v) is 5.07. The topological polar surface area (TPSA) is 52.8 Å². The molecule has 0 saturated heterocycles. The van der Waals surface area contributed by atoms with Gasteiger partial charge in [0, 0.05) is 29.3 Å². The molecule has 2 aromatic carbocycles. The number of rotatable bonds is 8. The van der Waals surface area contributed by atoms with Crippen LogP contribution in [-0.2, 0) is 12.3 Å². The number of thioether (sulfide) groups is 1. The number of aryl methyl sites for hydroxylation is 1. The van der Waals surface area contributed by atoms with E-state index in [9.17, 15) is 8.78 Å². The smallest absolute Gasteiger partial charge is 0.191 e. The predicted octanol–water partition coefficient (Wildman–Crippen LogP) is 6.44. The molecule has 166 valence electrons. The van der Waals surface area contributed by atoms with Crippen molar-refractivity contribution in [1.82, 2.24) is 19.7 Å². The van der Waals surface area contributed by atoms with Gasteiger partial charge >= 0.3 is 0 Å². The maximum atomic E-state index is 14.0. The lowest BCUT2D eigenvalue weighted by Gasteiger charge is -2.16. The molecule has 32 heavy (non-hydrogen) atoms. The molecular weight excluding hydrogens is 450 g/mol. The highest BCUT2D eigenvalue weighted by Crippen LogP contribution is 2.30. The van der Waals surface area contributed by atoms with Crippen molar-refractivity contribution in [3.05, 3.63) is 76.6 Å². The first-order chi connectivity index (χ1) is 15.4. The van der Waals surface area contributed by atoms with Crippen molar-refractivity contribution < 1.29 is 13.5 Å². The van der Waals surface area contributed by atoms with Gasteiger partial charge in [-0.1, -0.05) is 35.5 Å². The van der Waals surface area contributed by atoms with Gasteiger partial charge in [0.25, 0.3) is 0 Å². The van der Waals surface area contributed by atoms with Crippen molar-refractivity contribution in [2.45, 2.75) is 44.3 Å². The lowest BCUT2D eigenvalue weighted by molar-refractivity contribution is 0.200. The molecule has 1 unspecified atom stereocenters. The van der Waals surface area contributed by atoms with Crippen molar-refractivity contribution in [1.29, 1.82) is 0 Å². The fraction of sp³-hybridized carbons (Fsp3) is 0.261. The van der Waals surface area contributed by atoms with Gasteiger partial charge in [0.2, 0.25) is 0 Å². The van der Waals surface area contributed by atoms with Gasteiger partial charge in [0.15, 0.2) is 28.7 Å². The van der Waals surface area contributed by atoms with Gasteiger partial charge < -0.3 is 9.30 Å². The van der Waals surface area contributed by atoms with Gasteiger partial charge in [0.1, 0.15) is 10.8 Å². The molecule has 5 nitrogen and oxygen atoms in total. The van der Waals surface area contributed by atoms with Gasteiger partial charge in [0.05, 0.1) is 5.69 Å². The zero-order valence-electron chi connectivity index (χ0n) is 17.9. The van der Waals surface area contributed by atoms with Gasteiger partial charge in [-0.05, 0) is 39.0 Å². The Labute approximate surface area is 193 Å². The summed E-state index contributed by atoms with van der Waals surface area (Å²) in [6.45, 7) is 6.46. The van der Waals surface area contributed by atoms with Crippen LogP contribution in [0.15, 0.2) is 53.0 Å². The number of halogens is 2. The van der Waals surface area contributed by atoms with Crippen molar-refractivity contribution in [2.24, 2.45) is 0 Å². The Morgan fingerprint density at radius 2 is 2.00 bits per heavy atom. The van der Waals surface area contributed by atoms with E-state index in [-0.39, 0.29) is 5.75 Å². The van der Waals surface area contributed by atoms with Crippen molar-refractivity contribution >= 4 is 23.1 Å².